The fourth-order valence-corrected chi connectivity index (χ4v) is 3.40. The summed E-state index contributed by atoms with van der Waals surface area (Å²) >= 11 is 0. The molecular formula is C17H30N2O2. The van der Waals surface area contributed by atoms with Crippen LogP contribution < -0.4 is 5.32 Å². The first-order chi connectivity index (χ1) is 10.2. The third-order valence-electron chi connectivity index (χ3n) is 4.91. The van der Waals surface area contributed by atoms with Gasteiger partial charge in [0.15, 0.2) is 0 Å². The van der Waals surface area contributed by atoms with E-state index in [9.17, 15) is 9.59 Å². The summed E-state index contributed by atoms with van der Waals surface area (Å²) in [4.78, 5) is 26.7. The lowest BCUT2D eigenvalue weighted by Gasteiger charge is -2.35. The van der Waals surface area contributed by atoms with Crippen molar-refractivity contribution in [3.63, 3.8) is 0 Å². The summed E-state index contributed by atoms with van der Waals surface area (Å²) in [6, 6.07) is 0.403. The Labute approximate surface area is 128 Å². The molecule has 1 N–H and O–H groups in total. The minimum Gasteiger partial charge on any atom is -0.356 e. The number of nitrogens with one attached hydrogen (secondary N) is 1. The molecule has 4 heteroatoms. The van der Waals surface area contributed by atoms with E-state index in [1.165, 1.54) is 6.42 Å². The van der Waals surface area contributed by atoms with Crippen LogP contribution >= 0.6 is 0 Å². The normalized spacial score (nSPS) is 28.3. The van der Waals surface area contributed by atoms with Crippen LogP contribution in [0.4, 0.5) is 0 Å². The van der Waals surface area contributed by atoms with Crippen LogP contribution in [-0.4, -0.2) is 35.8 Å². The van der Waals surface area contributed by atoms with E-state index in [0.29, 0.717) is 6.04 Å². The maximum Gasteiger partial charge on any atom is 0.226 e. The average Bonchev–Trinajstić information content (AvgIpc) is 3.31. The second kappa shape index (κ2) is 7.81. The molecule has 21 heavy (non-hydrogen) atoms. The first-order valence-corrected chi connectivity index (χ1v) is 8.77. The predicted molar refractivity (Wildman–Crippen MR) is 83.8 cm³/mol. The molecule has 1 saturated carbocycles. The summed E-state index contributed by atoms with van der Waals surface area (Å²) in [5, 5.41) is 2.98. The van der Waals surface area contributed by atoms with E-state index >= 15 is 0 Å². The van der Waals surface area contributed by atoms with Crippen molar-refractivity contribution < 1.29 is 9.59 Å². The minimum atomic E-state index is -0.0569. The smallest absolute Gasteiger partial charge is 0.226 e. The Hall–Kier alpha value is -1.06. The quantitative estimate of drug-likeness (QED) is 0.734. The lowest BCUT2D eigenvalue weighted by Crippen LogP contribution is -2.44. The van der Waals surface area contributed by atoms with E-state index in [1.54, 1.807) is 0 Å². The van der Waals surface area contributed by atoms with Crippen LogP contribution in [0.5, 0.6) is 0 Å². The summed E-state index contributed by atoms with van der Waals surface area (Å²) in [6.45, 7) is 5.95. The van der Waals surface area contributed by atoms with Crippen LogP contribution in [0.3, 0.4) is 0 Å². The highest BCUT2D eigenvalue weighted by atomic mass is 16.2. The number of carbonyl (C=O) groups excluding carboxylic acids is 2. The molecule has 1 aliphatic heterocycles. The third kappa shape index (κ3) is 4.21. The van der Waals surface area contributed by atoms with Gasteiger partial charge in [0.1, 0.15) is 0 Å². The highest BCUT2D eigenvalue weighted by Gasteiger charge is 2.50. The molecule has 1 saturated heterocycles. The van der Waals surface area contributed by atoms with Crippen molar-refractivity contribution in [2.45, 2.75) is 71.3 Å². The largest absolute Gasteiger partial charge is 0.356 e. The topological polar surface area (TPSA) is 49.4 Å². The number of hydrogen-bond donors (Lipinski definition) is 1. The van der Waals surface area contributed by atoms with Crippen LogP contribution in [0, 0.1) is 11.8 Å². The maximum absolute atomic E-state index is 12.6. The maximum atomic E-state index is 12.6. The Morgan fingerprint density at radius 1 is 1.14 bits per heavy atom. The van der Waals surface area contributed by atoms with E-state index in [1.807, 2.05) is 0 Å². The molecule has 0 radical (unpaired) electrons. The monoisotopic (exact) mass is 294 g/mol. The van der Waals surface area contributed by atoms with Gasteiger partial charge >= 0.3 is 0 Å². The first-order valence-electron chi connectivity index (χ1n) is 8.77. The molecule has 0 aromatic rings. The van der Waals surface area contributed by atoms with E-state index in [4.69, 9.17) is 0 Å². The number of hydrogen-bond acceptors (Lipinski definition) is 2. The van der Waals surface area contributed by atoms with Crippen molar-refractivity contribution in [3.8, 4) is 0 Å². The molecule has 3 unspecified atom stereocenters. The van der Waals surface area contributed by atoms with Crippen LogP contribution in [-0.2, 0) is 9.59 Å². The van der Waals surface area contributed by atoms with Crippen molar-refractivity contribution in [1.82, 2.24) is 10.2 Å². The van der Waals surface area contributed by atoms with Crippen molar-refractivity contribution in [3.05, 3.63) is 0 Å². The molecule has 0 bridgehead atoms. The zero-order valence-electron chi connectivity index (χ0n) is 13.6. The van der Waals surface area contributed by atoms with Gasteiger partial charge in [0.25, 0.3) is 0 Å². The molecule has 2 fully saturated rings. The van der Waals surface area contributed by atoms with Gasteiger partial charge in [0.2, 0.25) is 11.8 Å². The zero-order chi connectivity index (χ0) is 15.2. The number of nitrogens with zero attached hydrogens (tertiary/aromatic N) is 1. The van der Waals surface area contributed by atoms with Crippen LogP contribution in [0.15, 0.2) is 0 Å². The van der Waals surface area contributed by atoms with Gasteiger partial charge in [0.05, 0.1) is 11.8 Å². The predicted octanol–water partition coefficient (Wildman–Crippen LogP) is 2.72. The van der Waals surface area contributed by atoms with Crippen LogP contribution in [0.25, 0.3) is 0 Å². The molecule has 3 atom stereocenters. The number of piperidine rings is 1. The number of carbonyl (C=O) groups is 2. The minimum absolute atomic E-state index is 0.0386. The third-order valence-corrected chi connectivity index (χ3v) is 4.91. The van der Waals surface area contributed by atoms with Crippen molar-refractivity contribution in [1.29, 1.82) is 0 Å². The average molecular weight is 294 g/mol. The molecule has 1 aliphatic carbocycles. The number of amides is 2. The van der Waals surface area contributed by atoms with Gasteiger partial charge in [-0.25, -0.2) is 0 Å². The fraction of sp³-hybridized carbons (Fsp3) is 0.882. The molecule has 0 aromatic carbocycles. The van der Waals surface area contributed by atoms with E-state index < -0.39 is 0 Å². The highest BCUT2D eigenvalue weighted by molar-refractivity contribution is 5.92. The molecule has 0 spiro atoms. The Morgan fingerprint density at radius 2 is 1.95 bits per heavy atom. The summed E-state index contributed by atoms with van der Waals surface area (Å²) < 4.78 is 0. The Bertz CT molecular complexity index is 370. The molecule has 2 amide bonds. The molecule has 0 aromatic heterocycles. The fourth-order valence-electron chi connectivity index (χ4n) is 3.40. The van der Waals surface area contributed by atoms with Crippen molar-refractivity contribution >= 4 is 11.8 Å². The summed E-state index contributed by atoms with van der Waals surface area (Å²) in [6.07, 6.45) is 8.61. The van der Waals surface area contributed by atoms with Gasteiger partial charge in [0, 0.05) is 19.1 Å². The molecular weight excluding hydrogens is 264 g/mol. The second-order valence-electron chi connectivity index (χ2n) is 6.54. The molecule has 4 nitrogen and oxygen atoms in total. The standard InChI is InChI=1S/C17H30N2O2/c1-3-5-7-10-18-16(20)14-12-15(14)17(21)19-11-8-6-9-13(19)4-2/h13-15H,3-12H2,1-2H3,(H,18,20). The van der Waals surface area contributed by atoms with Crippen LogP contribution in [0.2, 0.25) is 0 Å². The van der Waals surface area contributed by atoms with Gasteiger partial charge in [-0.15, -0.1) is 0 Å². The number of unbranched alkanes of at least 4 members (excludes halogenated alkanes) is 2. The molecule has 2 rings (SSSR count). The van der Waals surface area contributed by atoms with Crippen molar-refractivity contribution in [2.24, 2.45) is 11.8 Å². The first kappa shape index (κ1) is 16.3. The van der Waals surface area contributed by atoms with Gasteiger partial charge < -0.3 is 10.2 Å². The summed E-state index contributed by atoms with van der Waals surface area (Å²) in [5.41, 5.74) is 0. The lowest BCUT2D eigenvalue weighted by molar-refractivity contribution is -0.138. The van der Waals surface area contributed by atoms with E-state index in [2.05, 4.69) is 24.1 Å². The second-order valence-corrected chi connectivity index (χ2v) is 6.54. The highest BCUT2D eigenvalue weighted by Crippen LogP contribution is 2.41. The number of likely N-dealkylation sites (tertiary alicyclic amines) is 1. The lowest BCUT2D eigenvalue weighted by atomic mass is 9.99. The van der Waals surface area contributed by atoms with E-state index in [0.717, 1.165) is 58.0 Å². The van der Waals surface area contributed by atoms with Gasteiger partial charge in [-0.05, 0) is 38.5 Å². The van der Waals surface area contributed by atoms with Gasteiger partial charge in [-0.1, -0.05) is 26.7 Å². The van der Waals surface area contributed by atoms with E-state index in [-0.39, 0.29) is 23.7 Å². The zero-order valence-corrected chi connectivity index (χ0v) is 13.6. The molecule has 1 heterocycles. The molecule has 2 aliphatic rings. The number of rotatable bonds is 7. The van der Waals surface area contributed by atoms with Crippen molar-refractivity contribution in [2.75, 3.05) is 13.1 Å². The Kier molecular flexibility index (Phi) is 6.07. The SMILES string of the molecule is CCCCCNC(=O)C1CC1C(=O)N1CCCCC1CC. The summed E-state index contributed by atoms with van der Waals surface area (Å²) in [5.74, 6) is 0.228. The van der Waals surface area contributed by atoms with Gasteiger partial charge in [-0.3, -0.25) is 9.59 Å². The molecule has 120 valence electrons. The van der Waals surface area contributed by atoms with Gasteiger partial charge in [-0.2, -0.15) is 0 Å². The van der Waals surface area contributed by atoms with Crippen LogP contribution in [0.1, 0.15) is 65.2 Å². The Morgan fingerprint density at radius 3 is 2.67 bits per heavy atom. The Balaban J connectivity index is 1.76. The summed E-state index contributed by atoms with van der Waals surface area (Å²) in [7, 11) is 0.